The number of fused-ring (bicyclic) bond motifs is 1. The van der Waals surface area contributed by atoms with Crippen LogP contribution in [0.4, 0.5) is 0 Å². The van der Waals surface area contributed by atoms with Crippen molar-refractivity contribution in [1.29, 1.82) is 0 Å². The molecule has 126 valence electrons. The van der Waals surface area contributed by atoms with Crippen molar-refractivity contribution in [2.75, 3.05) is 5.75 Å². The van der Waals surface area contributed by atoms with Gasteiger partial charge in [-0.05, 0) is 37.5 Å². The minimum absolute atomic E-state index is 0.0563. The van der Waals surface area contributed by atoms with E-state index in [1.54, 1.807) is 24.3 Å². The van der Waals surface area contributed by atoms with Gasteiger partial charge in [-0.15, -0.1) is 0 Å². The Morgan fingerprint density at radius 3 is 2.38 bits per heavy atom. The van der Waals surface area contributed by atoms with Gasteiger partial charge in [0.25, 0.3) is 0 Å². The number of carbonyl (C=O) groups is 1. The van der Waals surface area contributed by atoms with Crippen molar-refractivity contribution in [2.24, 2.45) is 0 Å². The zero-order valence-electron chi connectivity index (χ0n) is 13.8. The summed E-state index contributed by atoms with van der Waals surface area (Å²) in [6.07, 6.45) is 0.399. The Hall–Kier alpha value is -2.14. The van der Waals surface area contributed by atoms with Crippen LogP contribution in [0.2, 0.25) is 0 Å². The van der Waals surface area contributed by atoms with Gasteiger partial charge in [-0.3, -0.25) is 4.79 Å². The van der Waals surface area contributed by atoms with E-state index in [0.29, 0.717) is 16.9 Å². The van der Waals surface area contributed by atoms with E-state index >= 15 is 0 Å². The van der Waals surface area contributed by atoms with Crippen molar-refractivity contribution < 1.29 is 13.2 Å². The Bertz CT molecular complexity index is 857. The molecule has 0 aromatic heterocycles. The fourth-order valence-electron chi connectivity index (χ4n) is 3.06. The van der Waals surface area contributed by atoms with E-state index in [4.69, 9.17) is 0 Å². The summed E-state index contributed by atoms with van der Waals surface area (Å²) < 4.78 is 24.4. The molecule has 1 atom stereocenters. The van der Waals surface area contributed by atoms with Crippen LogP contribution < -0.4 is 5.32 Å². The van der Waals surface area contributed by atoms with Gasteiger partial charge < -0.3 is 5.32 Å². The van der Waals surface area contributed by atoms with Crippen LogP contribution in [0, 0.1) is 0 Å². The summed E-state index contributed by atoms with van der Waals surface area (Å²) in [6.45, 7) is 3.76. The Morgan fingerprint density at radius 1 is 1.04 bits per heavy atom. The first-order valence-electron chi connectivity index (χ1n) is 8.00. The summed E-state index contributed by atoms with van der Waals surface area (Å²) in [5.41, 5.74) is 0.923. The molecular weight excluding hydrogens is 322 g/mol. The summed E-state index contributed by atoms with van der Waals surface area (Å²) in [4.78, 5) is 13.2. The average Bonchev–Trinajstić information content (AvgIpc) is 2.58. The monoisotopic (exact) mass is 343 g/mol. The molecule has 0 saturated heterocycles. The minimum Gasteiger partial charge on any atom is -0.348 e. The van der Waals surface area contributed by atoms with Gasteiger partial charge in [-0.1, -0.05) is 48.5 Å². The number of amides is 1. The van der Waals surface area contributed by atoms with Gasteiger partial charge in [0, 0.05) is 0 Å². The summed E-state index contributed by atoms with van der Waals surface area (Å²) in [5.74, 6) is -0.0476. The third-order valence-corrected chi connectivity index (χ3v) is 6.49. The largest absolute Gasteiger partial charge is 0.348 e. The average molecular weight is 343 g/mol. The fraction of sp³-hybridized carbons (Fsp3) is 0.316. The Kier molecular flexibility index (Phi) is 4.22. The number of rotatable bonds is 3. The molecule has 1 heterocycles. The fourth-order valence-corrected chi connectivity index (χ4v) is 4.69. The highest BCUT2D eigenvalue weighted by Gasteiger charge is 2.35. The first-order valence-corrected chi connectivity index (χ1v) is 9.66. The Balaban J connectivity index is 1.88. The van der Waals surface area contributed by atoms with E-state index in [1.165, 1.54) is 0 Å². The molecule has 0 bridgehead atoms. The standard InChI is InChI=1S/C19H21NO3S/c1-19(2,14-8-4-3-5-9-14)18(21)20-16-12-13-24(22,23)17-11-7-6-10-15(16)17/h3-11,16H,12-13H2,1-2H3,(H,20,21). The van der Waals surface area contributed by atoms with Gasteiger partial charge in [-0.2, -0.15) is 0 Å². The van der Waals surface area contributed by atoms with Crippen LogP contribution in [-0.4, -0.2) is 20.1 Å². The topological polar surface area (TPSA) is 63.2 Å². The molecule has 0 saturated carbocycles. The highest BCUT2D eigenvalue weighted by Crippen LogP contribution is 2.33. The maximum atomic E-state index is 12.8. The summed E-state index contributed by atoms with van der Waals surface area (Å²) >= 11 is 0. The highest BCUT2D eigenvalue weighted by atomic mass is 32.2. The van der Waals surface area contributed by atoms with Crippen molar-refractivity contribution >= 4 is 15.7 Å². The molecule has 1 N–H and O–H groups in total. The van der Waals surface area contributed by atoms with Crippen LogP contribution in [0.15, 0.2) is 59.5 Å². The lowest BCUT2D eigenvalue weighted by Gasteiger charge is -2.31. The van der Waals surface area contributed by atoms with E-state index in [-0.39, 0.29) is 17.7 Å². The van der Waals surface area contributed by atoms with Crippen LogP contribution in [0.3, 0.4) is 0 Å². The molecule has 0 spiro atoms. The molecular formula is C19H21NO3S. The Morgan fingerprint density at radius 2 is 1.67 bits per heavy atom. The van der Waals surface area contributed by atoms with Crippen LogP contribution in [-0.2, 0) is 20.0 Å². The normalized spacial score (nSPS) is 19.3. The van der Waals surface area contributed by atoms with Gasteiger partial charge in [0.15, 0.2) is 9.84 Å². The predicted octanol–water partition coefficient (Wildman–Crippen LogP) is 3.00. The van der Waals surface area contributed by atoms with E-state index < -0.39 is 15.3 Å². The first-order chi connectivity index (χ1) is 11.3. The first kappa shape index (κ1) is 16.7. The highest BCUT2D eigenvalue weighted by molar-refractivity contribution is 7.91. The second kappa shape index (κ2) is 6.06. The molecule has 1 unspecified atom stereocenters. The van der Waals surface area contributed by atoms with E-state index in [9.17, 15) is 13.2 Å². The molecule has 1 amide bonds. The third-order valence-electron chi connectivity index (χ3n) is 4.67. The number of nitrogens with one attached hydrogen (secondary N) is 1. The van der Waals surface area contributed by atoms with E-state index in [0.717, 1.165) is 5.56 Å². The van der Waals surface area contributed by atoms with Crippen LogP contribution >= 0.6 is 0 Å². The molecule has 0 aliphatic carbocycles. The van der Waals surface area contributed by atoms with Gasteiger partial charge in [-0.25, -0.2) is 8.42 Å². The van der Waals surface area contributed by atoms with Crippen LogP contribution in [0.25, 0.3) is 0 Å². The van der Waals surface area contributed by atoms with E-state index in [1.807, 2.05) is 44.2 Å². The molecule has 0 fully saturated rings. The maximum Gasteiger partial charge on any atom is 0.230 e. The molecule has 1 aliphatic heterocycles. The third kappa shape index (κ3) is 2.96. The molecule has 3 rings (SSSR count). The molecule has 4 nitrogen and oxygen atoms in total. The lowest BCUT2D eigenvalue weighted by molar-refractivity contribution is -0.126. The van der Waals surface area contributed by atoms with Crippen molar-refractivity contribution in [1.82, 2.24) is 5.32 Å². The van der Waals surface area contributed by atoms with Gasteiger partial charge in [0.05, 0.1) is 22.1 Å². The molecule has 1 aliphatic rings. The summed E-state index contributed by atoms with van der Waals surface area (Å²) in [6, 6.07) is 16.2. The summed E-state index contributed by atoms with van der Waals surface area (Å²) in [5, 5.41) is 3.05. The van der Waals surface area contributed by atoms with Gasteiger partial charge in [0.2, 0.25) is 5.91 Å². The van der Waals surface area contributed by atoms with Crippen LogP contribution in [0.1, 0.15) is 37.4 Å². The number of hydrogen-bond acceptors (Lipinski definition) is 3. The lowest BCUT2D eigenvalue weighted by atomic mass is 9.83. The summed E-state index contributed by atoms with van der Waals surface area (Å²) in [7, 11) is -3.25. The SMILES string of the molecule is CC(C)(C(=O)NC1CCS(=O)(=O)c2ccccc21)c1ccccc1. The smallest absolute Gasteiger partial charge is 0.230 e. The Labute approximate surface area is 142 Å². The number of hydrogen-bond donors (Lipinski definition) is 1. The second-order valence-corrected chi connectivity index (χ2v) is 8.74. The number of benzene rings is 2. The van der Waals surface area contributed by atoms with Gasteiger partial charge >= 0.3 is 0 Å². The predicted molar refractivity (Wildman–Crippen MR) is 93.5 cm³/mol. The van der Waals surface area contributed by atoms with Gasteiger partial charge in [0.1, 0.15) is 0 Å². The number of carbonyl (C=O) groups excluding carboxylic acids is 1. The minimum atomic E-state index is -3.25. The van der Waals surface area contributed by atoms with E-state index in [2.05, 4.69) is 5.32 Å². The van der Waals surface area contributed by atoms with Crippen molar-refractivity contribution in [3.8, 4) is 0 Å². The van der Waals surface area contributed by atoms with Crippen LogP contribution in [0.5, 0.6) is 0 Å². The number of sulfone groups is 1. The molecule has 5 heteroatoms. The zero-order chi connectivity index (χ0) is 17.4. The molecule has 0 radical (unpaired) electrons. The van der Waals surface area contributed by atoms with Crippen molar-refractivity contribution in [2.45, 2.75) is 36.6 Å². The molecule has 24 heavy (non-hydrogen) atoms. The molecule has 2 aromatic rings. The lowest BCUT2D eigenvalue weighted by Crippen LogP contribution is -2.43. The maximum absolute atomic E-state index is 12.8. The second-order valence-electron chi connectivity index (χ2n) is 6.66. The quantitative estimate of drug-likeness (QED) is 0.932. The zero-order valence-corrected chi connectivity index (χ0v) is 14.6. The molecule has 2 aromatic carbocycles. The van der Waals surface area contributed by atoms with Crippen molar-refractivity contribution in [3.05, 3.63) is 65.7 Å². The van der Waals surface area contributed by atoms with Crippen molar-refractivity contribution in [3.63, 3.8) is 0 Å².